The summed E-state index contributed by atoms with van der Waals surface area (Å²) in [6, 6.07) is 13.6. The molecule has 9 nitrogen and oxygen atoms in total. The third-order valence-corrected chi connectivity index (χ3v) is 4.00. The topological polar surface area (TPSA) is 145 Å². The quantitative estimate of drug-likeness (QED) is 0.533. The number of amides is 4. The van der Waals surface area contributed by atoms with E-state index in [1.54, 1.807) is 31.3 Å². The minimum atomic E-state index is -0.832. The van der Waals surface area contributed by atoms with Crippen molar-refractivity contribution in [1.82, 2.24) is 15.1 Å². The molecule has 0 radical (unpaired) electrons. The van der Waals surface area contributed by atoms with Crippen molar-refractivity contribution in [3.63, 3.8) is 0 Å². The van der Waals surface area contributed by atoms with Crippen LogP contribution in [-0.2, 0) is 0 Å². The van der Waals surface area contributed by atoms with E-state index in [1.165, 1.54) is 10.9 Å². The number of nitrogens with zero attached hydrogens (tertiary/aromatic N) is 2. The lowest BCUT2D eigenvalue weighted by Gasteiger charge is -2.07. The number of aromatic nitrogens is 2. The van der Waals surface area contributed by atoms with Gasteiger partial charge in [-0.2, -0.15) is 5.10 Å². The standard InChI is InChI=1S/C19H18N6O3/c1-22-18(27)13-6-2-4-11(8-13)12-5-3-7-14(9-12)25-10-15(23-19(21)28)16(24-25)17(20)26/h2-10H,1H3,(H2,20,26)(H,22,27)(H3,21,23,28). The fourth-order valence-corrected chi connectivity index (χ4v) is 2.72. The Morgan fingerprint density at radius 3 is 2.32 bits per heavy atom. The fourth-order valence-electron chi connectivity index (χ4n) is 2.72. The first kappa shape index (κ1) is 18.6. The van der Waals surface area contributed by atoms with Crippen molar-refractivity contribution in [1.29, 1.82) is 0 Å². The zero-order chi connectivity index (χ0) is 20.3. The van der Waals surface area contributed by atoms with Crippen LogP contribution in [0.25, 0.3) is 16.8 Å². The first-order valence-electron chi connectivity index (χ1n) is 8.28. The predicted molar refractivity (Wildman–Crippen MR) is 104 cm³/mol. The van der Waals surface area contributed by atoms with Gasteiger partial charge in [-0.05, 0) is 35.4 Å². The van der Waals surface area contributed by atoms with Crippen LogP contribution in [0.5, 0.6) is 0 Å². The van der Waals surface area contributed by atoms with Crippen LogP contribution in [0.15, 0.2) is 54.7 Å². The molecule has 2 aromatic carbocycles. The molecule has 0 saturated carbocycles. The highest BCUT2D eigenvalue weighted by molar-refractivity contribution is 6.00. The normalized spacial score (nSPS) is 10.3. The molecule has 28 heavy (non-hydrogen) atoms. The summed E-state index contributed by atoms with van der Waals surface area (Å²) >= 11 is 0. The molecule has 0 unspecified atom stereocenters. The van der Waals surface area contributed by atoms with E-state index in [0.29, 0.717) is 11.3 Å². The second kappa shape index (κ2) is 7.62. The van der Waals surface area contributed by atoms with Crippen molar-refractivity contribution >= 4 is 23.5 Å². The Morgan fingerprint density at radius 1 is 1.00 bits per heavy atom. The number of rotatable bonds is 5. The van der Waals surface area contributed by atoms with Gasteiger partial charge in [0.2, 0.25) is 0 Å². The van der Waals surface area contributed by atoms with Gasteiger partial charge in [-0.3, -0.25) is 9.59 Å². The molecule has 1 aromatic heterocycles. The number of anilines is 1. The van der Waals surface area contributed by atoms with Crippen LogP contribution in [-0.4, -0.2) is 34.7 Å². The molecule has 1 heterocycles. The van der Waals surface area contributed by atoms with Crippen molar-refractivity contribution in [3.05, 3.63) is 66.0 Å². The molecule has 3 rings (SSSR count). The van der Waals surface area contributed by atoms with Gasteiger partial charge in [-0.15, -0.1) is 0 Å². The van der Waals surface area contributed by atoms with E-state index in [0.717, 1.165) is 11.1 Å². The molecule has 142 valence electrons. The van der Waals surface area contributed by atoms with Crippen LogP contribution in [0, 0.1) is 0 Å². The number of hydrogen-bond donors (Lipinski definition) is 4. The lowest BCUT2D eigenvalue weighted by atomic mass is 10.0. The minimum Gasteiger partial charge on any atom is -0.364 e. The predicted octanol–water partition coefficient (Wildman–Crippen LogP) is 1.49. The van der Waals surface area contributed by atoms with Crippen LogP contribution in [0.4, 0.5) is 10.5 Å². The van der Waals surface area contributed by atoms with Gasteiger partial charge in [-0.25, -0.2) is 9.48 Å². The maximum atomic E-state index is 11.9. The number of primary amides is 2. The van der Waals surface area contributed by atoms with E-state index in [9.17, 15) is 14.4 Å². The molecule has 0 aliphatic heterocycles. The van der Waals surface area contributed by atoms with Gasteiger partial charge < -0.3 is 22.1 Å². The van der Waals surface area contributed by atoms with Gasteiger partial charge in [0.05, 0.1) is 17.6 Å². The molecule has 0 aliphatic rings. The Balaban J connectivity index is 2.02. The summed E-state index contributed by atoms with van der Waals surface area (Å²) in [6.07, 6.45) is 1.45. The van der Waals surface area contributed by atoms with Gasteiger partial charge in [0.15, 0.2) is 5.69 Å². The van der Waals surface area contributed by atoms with Gasteiger partial charge in [0.1, 0.15) is 0 Å². The van der Waals surface area contributed by atoms with Crippen LogP contribution >= 0.6 is 0 Å². The van der Waals surface area contributed by atoms with Gasteiger partial charge in [0, 0.05) is 12.6 Å². The van der Waals surface area contributed by atoms with E-state index < -0.39 is 11.9 Å². The van der Waals surface area contributed by atoms with Gasteiger partial charge in [-0.1, -0.05) is 24.3 Å². The highest BCUT2D eigenvalue weighted by Crippen LogP contribution is 2.24. The zero-order valence-electron chi connectivity index (χ0n) is 15.0. The molecule has 0 saturated heterocycles. The van der Waals surface area contributed by atoms with Crippen molar-refractivity contribution < 1.29 is 14.4 Å². The number of carbonyl (C=O) groups excluding carboxylic acids is 3. The van der Waals surface area contributed by atoms with Crippen LogP contribution < -0.4 is 22.1 Å². The van der Waals surface area contributed by atoms with Gasteiger partial charge >= 0.3 is 6.03 Å². The Morgan fingerprint density at radius 2 is 1.68 bits per heavy atom. The van der Waals surface area contributed by atoms with Crippen molar-refractivity contribution in [2.24, 2.45) is 11.5 Å². The summed E-state index contributed by atoms with van der Waals surface area (Å²) in [5.74, 6) is -0.977. The maximum Gasteiger partial charge on any atom is 0.316 e. The average Bonchev–Trinajstić information content (AvgIpc) is 3.11. The highest BCUT2D eigenvalue weighted by atomic mass is 16.2. The van der Waals surface area contributed by atoms with Crippen LogP contribution in [0.3, 0.4) is 0 Å². The summed E-state index contributed by atoms with van der Waals surface area (Å²) in [4.78, 5) is 34.6. The van der Waals surface area contributed by atoms with E-state index in [4.69, 9.17) is 11.5 Å². The van der Waals surface area contributed by atoms with Gasteiger partial charge in [0.25, 0.3) is 11.8 Å². The van der Waals surface area contributed by atoms with Crippen LogP contribution in [0.1, 0.15) is 20.8 Å². The number of urea groups is 1. The Labute approximate surface area is 160 Å². The largest absolute Gasteiger partial charge is 0.364 e. The number of benzene rings is 2. The molecule has 0 atom stereocenters. The lowest BCUT2D eigenvalue weighted by molar-refractivity contribution is 0.0961. The fraction of sp³-hybridized carbons (Fsp3) is 0.0526. The Bertz CT molecular complexity index is 1070. The first-order chi connectivity index (χ1) is 13.4. The summed E-state index contributed by atoms with van der Waals surface area (Å²) < 4.78 is 1.41. The van der Waals surface area contributed by atoms with Crippen molar-refractivity contribution in [3.8, 4) is 16.8 Å². The number of hydrogen-bond acceptors (Lipinski definition) is 4. The second-order valence-corrected chi connectivity index (χ2v) is 5.90. The Kier molecular flexibility index (Phi) is 5.07. The number of nitrogens with two attached hydrogens (primary N) is 2. The molecule has 6 N–H and O–H groups in total. The van der Waals surface area contributed by atoms with E-state index in [2.05, 4.69) is 15.7 Å². The summed E-state index contributed by atoms with van der Waals surface area (Å²) in [5.41, 5.74) is 13.3. The lowest BCUT2D eigenvalue weighted by Crippen LogP contribution is -2.22. The zero-order valence-corrected chi connectivity index (χ0v) is 15.0. The molecule has 9 heteroatoms. The van der Waals surface area contributed by atoms with E-state index >= 15 is 0 Å². The third-order valence-electron chi connectivity index (χ3n) is 4.00. The first-order valence-corrected chi connectivity index (χ1v) is 8.28. The SMILES string of the molecule is CNC(=O)c1cccc(-c2cccc(-n3cc(NC(N)=O)c(C(N)=O)n3)c2)c1. The highest BCUT2D eigenvalue weighted by Gasteiger charge is 2.16. The second-order valence-electron chi connectivity index (χ2n) is 5.90. The molecular weight excluding hydrogens is 360 g/mol. The Hall–Kier alpha value is -4.14. The number of nitrogens with one attached hydrogen (secondary N) is 2. The molecular formula is C19H18N6O3. The smallest absolute Gasteiger partial charge is 0.316 e. The molecule has 3 aromatic rings. The average molecular weight is 378 g/mol. The number of carbonyl (C=O) groups is 3. The maximum absolute atomic E-state index is 11.9. The molecule has 0 fully saturated rings. The summed E-state index contributed by atoms with van der Waals surface area (Å²) in [5, 5.41) is 9.05. The van der Waals surface area contributed by atoms with Crippen LogP contribution in [0.2, 0.25) is 0 Å². The van der Waals surface area contributed by atoms with E-state index in [-0.39, 0.29) is 17.3 Å². The minimum absolute atomic E-state index is 0.106. The van der Waals surface area contributed by atoms with Crippen molar-refractivity contribution in [2.45, 2.75) is 0 Å². The monoisotopic (exact) mass is 378 g/mol. The third kappa shape index (κ3) is 3.83. The summed E-state index contributed by atoms with van der Waals surface area (Å²) in [7, 11) is 1.57. The summed E-state index contributed by atoms with van der Waals surface area (Å²) in [6.45, 7) is 0. The molecule has 0 aliphatic carbocycles. The molecule has 4 amide bonds. The van der Waals surface area contributed by atoms with Crippen molar-refractivity contribution in [2.75, 3.05) is 12.4 Å². The molecule has 0 spiro atoms. The molecule has 0 bridgehead atoms. The van der Waals surface area contributed by atoms with E-state index in [1.807, 2.05) is 24.3 Å².